The fourth-order valence-corrected chi connectivity index (χ4v) is 4.61. The molecule has 0 aromatic heterocycles. The van der Waals surface area contributed by atoms with Gasteiger partial charge in [0, 0.05) is 42.5 Å². The Kier molecular flexibility index (Phi) is 6.48. The van der Waals surface area contributed by atoms with Gasteiger partial charge in [0.2, 0.25) is 5.91 Å². The minimum atomic E-state index is -0.178. The Morgan fingerprint density at radius 1 is 0.794 bits per heavy atom. The number of nitrogens with zero attached hydrogens (tertiary/aromatic N) is 3. The van der Waals surface area contributed by atoms with Crippen molar-refractivity contribution in [1.29, 1.82) is 0 Å². The molecule has 172 valence electrons. The summed E-state index contributed by atoms with van der Waals surface area (Å²) in [5.74, 6) is -0.276. The maximum Gasteiger partial charge on any atom is 0.254 e. The lowest BCUT2D eigenvalue weighted by Crippen LogP contribution is -2.39. The summed E-state index contributed by atoms with van der Waals surface area (Å²) in [4.78, 5) is 32.3. The molecule has 3 aromatic carbocycles. The minimum Gasteiger partial charge on any atom is -0.325 e. The van der Waals surface area contributed by atoms with Gasteiger partial charge < -0.3 is 9.80 Å². The third-order valence-corrected chi connectivity index (χ3v) is 6.56. The first-order valence-corrected chi connectivity index (χ1v) is 11.8. The largest absolute Gasteiger partial charge is 0.325 e. The quantitative estimate of drug-likeness (QED) is 0.497. The molecule has 2 aliphatic heterocycles. The van der Waals surface area contributed by atoms with Crippen LogP contribution >= 0.6 is 11.6 Å². The summed E-state index contributed by atoms with van der Waals surface area (Å²) < 4.78 is 0. The molecule has 0 saturated carbocycles. The van der Waals surface area contributed by atoms with Crippen molar-refractivity contribution < 1.29 is 9.59 Å². The van der Waals surface area contributed by atoms with Gasteiger partial charge in [-0.15, -0.1) is 0 Å². The number of fused-ring (bicyclic) bond motifs is 1. The zero-order valence-electron chi connectivity index (χ0n) is 18.9. The highest BCUT2D eigenvalue weighted by molar-refractivity contribution is 6.30. The average Bonchev–Trinajstić information content (AvgIpc) is 3.32. The van der Waals surface area contributed by atoms with Gasteiger partial charge in [0.1, 0.15) is 6.54 Å². The molecule has 0 radical (unpaired) electrons. The summed E-state index contributed by atoms with van der Waals surface area (Å²) in [6.07, 6.45) is 4.38. The van der Waals surface area contributed by atoms with Crippen molar-refractivity contribution in [2.24, 2.45) is 0 Å². The molecule has 0 aliphatic carbocycles. The summed E-state index contributed by atoms with van der Waals surface area (Å²) in [6, 6.07) is 23.1. The van der Waals surface area contributed by atoms with Gasteiger partial charge in [0.05, 0.1) is 6.54 Å². The Morgan fingerprint density at radius 2 is 1.44 bits per heavy atom. The Balaban J connectivity index is 1.35. The topological polar surface area (TPSA) is 43.9 Å². The number of hydrogen-bond acceptors (Lipinski definition) is 3. The normalized spacial score (nSPS) is 16.0. The predicted molar refractivity (Wildman–Crippen MR) is 135 cm³/mol. The molecular weight excluding hydrogens is 446 g/mol. The monoisotopic (exact) mass is 471 g/mol. The molecule has 2 aliphatic rings. The number of para-hydroxylation sites is 1. The molecule has 3 aromatic rings. The predicted octanol–water partition coefficient (Wildman–Crippen LogP) is 4.90. The minimum absolute atomic E-state index is 0.0240. The Hall–Kier alpha value is -3.41. The Morgan fingerprint density at radius 3 is 2.15 bits per heavy atom. The molecule has 0 atom stereocenters. The number of carbonyl (C=O) groups is 2. The van der Waals surface area contributed by atoms with Crippen LogP contribution in [-0.2, 0) is 24.4 Å². The number of anilines is 1. The van der Waals surface area contributed by atoms with Gasteiger partial charge in [-0.05, 0) is 47.0 Å². The third-order valence-electron chi connectivity index (χ3n) is 6.31. The maximum atomic E-state index is 13.4. The van der Waals surface area contributed by atoms with E-state index in [2.05, 4.69) is 41.3 Å². The first kappa shape index (κ1) is 22.4. The summed E-state index contributed by atoms with van der Waals surface area (Å²) in [5, 5.41) is 0.572. The number of carbonyl (C=O) groups excluding carboxylic acids is 2. The smallest absolute Gasteiger partial charge is 0.254 e. The second kappa shape index (κ2) is 9.84. The molecule has 5 rings (SSSR count). The van der Waals surface area contributed by atoms with E-state index in [0.717, 1.165) is 36.4 Å². The number of halogens is 1. The number of benzene rings is 3. The van der Waals surface area contributed by atoms with Crippen LogP contribution in [-0.4, -0.2) is 41.2 Å². The molecule has 6 heteroatoms. The standard InChI is InChI=1S/C28H26ClN3O2/c29-25-13-11-23(12-14-25)28(34)31-19-24-5-1-2-6-26(24)32(27(33)20-31)18-22-9-7-21(8-10-22)17-30-15-3-4-16-30/h1-14H,15-20H2. The van der Waals surface area contributed by atoms with Crippen molar-refractivity contribution in [1.82, 2.24) is 9.80 Å². The van der Waals surface area contributed by atoms with Gasteiger partial charge in [0.25, 0.3) is 5.91 Å². The summed E-state index contributed by atoms with van der Waals surface area (Å²) in [7, 11) is 0. The second-order valence-corrected chi connectivity index (χ2v) is 9.20. The number of hydrogen-bond donors (Lipinski definition) is 0. The molecule has 0 N–H and O–H groups in total. The zero-order valence-corrected chi connectivity index (χ0v) is 19.6. The van der Waals surface area contributed by atoms with Crippen LogP contribution in [0.1, 0.15) is 27.0 Å². The SMILES string of the molecule is O=C(c1ccc(Cl)cc1)N1CC(=O)N(Cc2ccc(CN3CC=CC3)cc2)c2ccccc2C1. The van der Waals surface area contributed by atoms with Gasteiger partial charge in [-0.3, -0.25) is 14.5 Å². The Bertz CT molecular complexity index is 1210. The molecule has 5 nitrogen and oxygen atoms in total. The van der Waals surface area contributed by atoms with Crippen molar-refractivity contribution in [2.45, 2.75) is 19.6 Å². The molecule has 0 spiro atoms. The van der Waals surface area contributed by atoms with Crippen molar-refractivity contribution in [3.63, 3.8) is 0 Å². The Labute approximate surface area is 204 Å². The van der Waals surface area contributed by atoms with Crippen LogP contribution in [0.2, 0.25) is 5.02 Å². The van der Waals surface area contributed by atoms with Crippen LogP contribution in [0.3, 0.4) is 0 Å². The number of rotatable bonds is 5. The van der Waals surface area contributed by atoms with E-state index < -0.39 is 0 Å². The lowest BCUT2D eigenvalue weighted by molar-refractivity contribution is -0.119. The molecule has 34 heavy (non-hydrogen) atoms. The highest BCUT2D eigenvalue weighted by atomic mass is 35.5. The van der Waals surface area contributed by atoms with E-state index in [1.54, 1.807) is 34.1 Å². The van der Waals surface area contributed by atoms with Crippen LogP contribution in [0, 0.1) is 0 Å². The fraction of sp³-hybridized carbons (Fsp3) is 0.214. The van der Waals surface area contributed by atoms with Gasteiger partial charge in [0.15, 0.2) is 0 Å². The fourth-order valence-electron chi connectivity index (χ4n) is 4.49. The van der Waals surface area contributed by atoms with E-state index in [-0.39, 0.29) is 18.4 Å². The van der Waals surface area contributed by atoms with E-state index >= 15 is 0 Å². The first-order chi connectivity index (χ1) is 16.6. The van der Waals surface area contributed by atoms with Crippen LogP contribution < -0.4 is 4.90 Å². The molecule has 0 unspecified atom stereocenters. The van der Waals surface area contributed by atoms with E-state index in [1.807, 2.05) is 24.3 Å². The third kappa shape index (κ3) is 4.91. The van der Waals surface area contributed by atoms with E-state index in [1.165, 1.54) is 5.56 Å². The molecule has 0 fully saturated rings. The van der Waals surface area contributed by atoms with Gasteiger partial charge in [-0.25, -0.2) is 0 Å². The van der Waals surface area contributed by atoms with Gasteiger partial charge >= 0.3 is 0 Å². The zero-order chi connectivity index (χ0) is 23.5. The summed E-state index contributed by atoms with van der Waals surface area (Å²) in [5.41, 5.74) is 4.64. The second-order valence-electron chi connectivity index (χ2n) is 8.76. The molecule has 2 amide bonds. The first-order valence-electron chi connectivity index (χ1n) is 11.4. The molecule has 2 heterocycles. The van der Waals surface area contributed by atoms with Crippen LogP contribution in [0.4, 0.5) is 5.69 Å². The van der Waals surface area contributed by atoms with Crippen molar-refractivity contribution >= 4 is 29.1 Å². The molecule has 0 bridgehead atoms. The van der Waals surface area contributed by atoms with Crippen molar-refractivity contribution in [2.75, 3.05) is 24.5 Å². The lowest BCUT2D eigenvalue weighted by Gasteiger charge is -2.23. The van der Waals surface area contributed by atoms with E-state index in [9.17, 15) is 9.59 Å². The van der Waals surface area contributed by atoms with Crippen molar-refractivity contribution in [3.05, 3.63) is 112 Å². The highest BCUT2D eigenvalue weighted by Crippen LogP contribution is 2.28. The highest BCUT2D eigenvalue weighted by Gasteiger charge is 2.29. The van der Waals surface area contributed by atoms with Gasteiger partial charge in [-0.2, -0.15) is 0 Å². The average molecular weight is 472 g/mol. The van der Waals surface area contributed by atoms with Crippen LogP contribution in [0.25, 0.3) is 0 Å². The van der Waals surface area contributed by atoms with Gasteiger partial charge in [-0.1, -0.05) is 66.2 Å². The van der Waals surface area contributed by atoms with Crippen molar-refractivity contribution in [3.8, 4) is 0 Å². The summed E-state index contributed by atoms with van der Waals surface area (Å²) >= 11 is 5.98. The molecule has 0 saturated heterocycles. The van der Waals surface area contributed by atoms with Crippen LogP contribution in [0.5, 0.6) is 0 Å². The maximum absolute atomic E-state index is 13.4. The van der Waals surface area contributed by atoms with Crippen LogP contribution in [0.15, 0.2) is 84.9 Å². The summed E-state index contributed by atoms with van der Waals surface area (Å²) in [6.45, 7) is 3.77. The molecular formula is C28H26ClN3O2. The number of amides is 2. The lowest BCUT2D eigenvalue weighted by atomic mass is 10.1. The van der Waals surface area contributed by atoms with E-state index in [0.29, 0.717) is 23.7 Å². The van der Waals surface area contributed by atoms with E-state index in [4.69, 9.17) is 11.6 Å².